The van der Waals surface area contributed by atoms with Crippen LogP contribution in [0.2, 0.25) is 0 Å². The summed E-state index contributed by atoms with van der Waals surface area (Å²) in [5, 5.41) is 6.57. The lowest BCUT2D eigenvalue weighted by Gasteiger charge is -2.21. The number of hydrogen-bond acceptors (Lipinski definition) is 6. The highest BCUT2D eigenvalue weighted by molar-refractivity contribution is 14.0. The molecule has 2 rings (SSSR count). The maximum Gasteiger partial charge on any atom is 0.194 e. The van der Waals surface area contributed by atoms with E-state index in [1.54, 1.807) is 25.5 Å². The molecule has 0 radical (unpaired) electrons. The highest BCUT2D eigenvalue weighted by Gasteiger charge is 2.11. The average Bonchev–Trinajstić information content (AvgIpc) is 3.16. The van der Waals surface area contributed by atoms with Crippen LogP contribution in [0.1, 0.15) is 30.1 Å². The molecule has 31 heavy (non-hydrogen) atoms. The van der Waals surface area contributed by atoms with E-state index in [0.717, 1.165) is 53.4 Å². The SMILES string of the molecule is CCN(CC)CCOc1ccc(CNC(=NC)N(C)Cc2csc(C)n2)cc1OC.I. The third-order valence-electron chi connectivity index (χ3n) is 4.88. The number of likely N-dealkylation sites (N-methyl/N-ethyl adjacent to an activating group) is 1. The zero-order valence-electron chi connectivity index (χ0n) is 19.5. The minimum Gasteiger partial charge on any atom is -0.493 e. The molecule has 0 fully saturated rings. The van der Waals surface area contributed by atoms with Crippen molar-refractivity contribution in [3.8, 4) is 11.5 Å². The Hall–Kier alpha value is -1.59. The lowest BCUT2D eigenvalue weighted by Crippen LogP contribution is -2.38. The molecule has 0 aliphatic heterocycles. The molecule has 1 aromatic heterocycles. The van der Waals surface area contributed by atoms with E-state index in [2.05, 4.69) is 50.4 Å². The smallest absolute Gasteiger partial charge is 0.194 e. The summed E-state index contributed by atoms with van der Waals surface area (Å²) in [4.78, 5) is 13.3. The number of aliphatic imine (C=N–C) groups is 1. The molecule has 0 saturated heterocycles. The highest BCUT2D eigenvalue weighted by Crippen LogP contribution is 2.28. The Morgan fingerprint density at radius 3 is 2.55 bits per heavy atom. The Labute approximate surface area is 207 Å². The van der Waals surface area contributed by atoms with Gasteiger partial charge >= 0.3 is 0 Å². The summed E-state index contributed by atoms with van der Waals surface area (Å²) in [5.41, 5.74) is 2.15. The quantitative estimate of drug-likeness (QED) is 0.254. The van der Waals surface area contributed by atoms with Gasteiger partial charge in [-0.2, -0.15) is 0 Å². The number of halogens is 1. The molecule has 0 bridgehead atoms. The summed E-state index contributed by atoms with van der Waals surface area (Å²) in [7, 11) is 5.47. The first-order valence-electron chi connectivity index (χ1n) is 10.4. The molecule has 0 saturated carbocycles. The zero-order chi connectivity index (χ0) is 21.9. The summed E-state index contributed by atoms with van der Waals surface area (Å²) in [6.07, 6.45) is 0. The number of nitrogens with zero attached hydrogens (tertiary/aromatic N) is 4. The van der Waals surface area contributed by atoms with Crippen LogP contribution in [-0.2, 0) is 13.1 Å². The fraction of sp³-hybridized carbons (Fsp3) is 0.545. The number of aromatic nitrogens is 1. The first kappa shape index (κ1) is 27.4. The molecule has 0 amide bonds. The van der Waals surface area contributed by atoms with Gasteiger partial charge in [0.2, 0.25) is 0 Å². The standard InChI is InChI=1S/C22H35N5O2S.HI/c1-7-27(8-2)11-12-29-20-10-9-18(13-21(20)28-6)14-24-22(23-4)26(5)15-19-16-30-17(3)25-19;/h9-10,13,16H,7-8,11-12,14-15H2,1-6H3,(H,23,24);1H. The number of ether oxygens (including phenoxy) is 2. The molecule has 7 nitrogen and oxygen atoms in total. The van der Waals surface area contributed by atoms with E-state index in [1.165, 1.54) is 0 Å². The van der Waals surface area contributed by atoms with Crippen molar-refractivity contribution in [1.29, 1.82) is 0 Å². The second kappa shape index (κ2) is 14.5. The molecule has 1 heterocycles. The Balaban J connectivity index is 0.00000480. The van der Waals surface area contributed by atoms with E-state index < -0.39 is 0 Å². The normalized spacial score (nSPS) is 11.3. The van der Waals surface area contributed by atoms with Gasteiger partial charge in [-0.1, -0.05) is 19.9 Å². The number of nitrogens with one attached hydrogen (secondary N) is 1. The molecular formula is C22H36IN5O2S. The molecule has 1 N–H and O–H groups in total. The van der Waals surface area contributed by atoms with E-state index >= 15 is 0 Å². The largest absolute Gasteiger partial charge is 0.493 e. The Bertz CT molecular complexity index is 811. The third kappa shape index (κ3) is 8.82. The van der Waals surface area contributed by atoms with Crippen molar-refractivity contribution in [2.75, 3.05) is 47.4 Å². The Kier molecular flexibility index (Phi) is 12.8. The van der Waals surface area contributed by atoms with Gasteiger partial charge < -0.3 is 24.6 Å². The van der Waals surface area contributed by atoms with Gasteiger partial charge in [0.25, 0.3) is 0 Å². The van der Waals surface area contributed by atoms with Crippen LogP contribution in [0.15, 0.2) is 28.6 Å². The van der Waals surface area contributed by atoms with Crippen molar-refractivity contribution in [2.45, 2.75) is 33.9 Å². The predicted molar refractivity (Wildman–Crippen MR) is 140 cm³/mol. The van der Waals surface area contributed by atoms with Crippen LogP contribution in [0.3, 0.4) is 0 Å². The third-order valence-corrected chi connectivity index (χ3v) is 5.70. The van der Waals surface area contributed by atoms with Crippen molar-refractivity contribution in [1.82, 2.24) is 20.1 Å². The minimum atomic E-state index is 0. The zero-order valence-corrected chi connectivity index (χ0v) is 22.6. The second-order valence-electron chi connectivity index (χ2n) is 6.98. The van der Waals surface area contributed by atoms with Crippen LogP contribution in [-0.4, -0.2) is 68.2 Å². The van der Waals surface area contributed by atoms with Gasteiger partial charge in [-0.05, 0) is 37.7 Å². The summed E-state index contributed by atoms with van der Waals surface area (Å²) < 4.78 is 11.5. The van der Waals surface area contributed by atoms with Gasteiger partial charge in [-0.15, -0.1) is 35.3 Å². The molecule has 0 spiro atoms. The van der Waals surface area contributed by atoms with Crippen molar-refractivity contribution in [3.05, 3.63) is 39.8 Å². The molecule has 0 unspecified atom stereocenters. The van der Waals surface area contributed by atoms with Gasteiger partial charge in [-0.25, -0.2) is 4.98 Å². The van der Waals surface area contributed by atoms with E-state index in [0.29, 0.717) is 19.7 Å². The number of rotatable bonds is 11. The van der Waals surface area contributed by atoms with Gasteiger partial charge in [0.15, 0.2) is 17.5 Å². The summed E-state index contributed by atoms with van der Waals surface area (Å²) in [6.45, 7) is 11.3. The van der Waals surface area contributed by atoms with Crippen LogP contribution >= 0.6 is 35.3 Å². The number of thiazole rings is 1. The lowest BCUT2D eigenvalue weighted by atomic mass is 10.2. The number of aryl methyl sites for hydroxylation is 1. The van der Waals surface area contributed by atoms with Crippen molar-refractivity contribution in [2.24, 2.45) is 4.99 Å². The maximum absolute atomic E-state index is 5.95. The number of hydrogen-bond donors (Lipinski definition) is 1. The summed E-state index contributed by atoms with van der Waals surface area (Å²) >= 11 is 1.66. The van der Waals surface area contributed by atoms with Crippen molar-refractivity contribution >= 4 is 41.3 Å². The van der Waals surface area contributed by atoms with E-state index in [9.17, 15) is 0 Å². The average molecular weight is 562 g/mol. The van der Waals surface area contributed by atoms with Crippen LogP contribution in [0, 0.1) is 6.92 Å². The van der Waals surface area contributed by atoms with Crippen molar-refractivity contribution < 1.29 is 9.47 Å². The summed E-state index contributed by atoms with van der Waals surface area (Å²) in [6, 6.07) is 6.04. The first-order valence-corrected chi connectivity index (χ1v) is 11.2. The fourth-order valence-electron chi connectivity index (χ4n) is 3.13. The number of methoxy groups -OCH3 is 1. The number of guanidine groups is 1. The van der Waals surface area contributed by atoms with Gasteiger partial charge in [0.1, 0.15) is 6.61 Å². The minimum absolute atomic E-state index is 0. The first-order chi connectivity index (χ1) is 14.5. The van der Waals surface area contributed by atoms with Crippen LogP contribution in [0.4, 0.5) is 0 Å². The Morgan fingerprint density at radius 1 is 1.23 bits per heavy atom. The van der Waals surface area contributed by atoms with E-state index in [4.69, 9.17) is 9.47 Å². The van der Waals surface area contributed by atoms with E-state index in [1.807, 2.05) is 26.1 Å². The van der Waals surface area contributed by atoms with Crippen LogP contribution in [0.5, 0.6) is 11.5 Å². The van der Waals surface area contributed by atoms with Gasteiger partial charge in [-0.3, -0.25) is 4.99 Å². The van der Waals surface area contributed by atoms with Gasteiger partial charge in [0.05, 0.1) is 24.4 Å². The molecule has 9 heteroatoms. The predicted octanol–water partition coefficient (Wildman–Crippen LogP) is 4.01. The van der Waals surface area contributed by atoms with Crippen LogP contribution < -0.4 is 14.8 Å². The number of benzene rings is 1. The maximum atomic E-state index is 5.95. The molecule has 1 aromatic carbocycles. The van der Waals surface area contributed by atoms with E-state index in [-0.39, 0.29) is 24.0 Å². The molecule has 0 aliphatic carbocycles. The monoisotopic (exact) mass is 561 g/mol. The Morgan fingerprint density at radius 2 is 1.97 bits per heavy atom. The van der Waals surface area contributed by atoms with Crippen LogP contribution in [0.25, 0.3) is 0 Å². The fourth-order valence-corrected chi connectivity index (χ4v) is 3.73. The summed E-state index contributed by atoms with van der Waals surface area (Å²) in [5.74, 6) is 2.34. The molecule has 2 aromatic rings. The van der Waals surface area contributed by atoms with Gasteiger partial charge in [0, 0.05) is 32.6 Å². The highest BCUT2D eigenvalue weighted by atomic mass is 127. The van der Waals surface area contributed by atoms with Crippen molar-refractivity contribution in [3.63, 3.8) is 0 Å². The molecular weight excluding hydrogens is 525 g/mol. The topological polar surface area (TPSA) is 62.2 Å². The lowest BCUT2D eigenvalue weighted by molar-refractivity contribution is 0.217. The molecule has 0 aliphatic rings. The molecule has 174 valence electrons. The second-order valence-corrected chi connectivity index (χ2v) is 8.04. The molecule has 0 atom stereocenters.